The average Bonchev–Trinajstić information content (AvgIpc) is 2.78. The summed E-state index contributed by atoms with van der Waals surface area (Å²) in [5.41, 5.74) is 1.71. The highest BCUT2D eigenvalue weighted by atomic mass is 16.6. The molecule has 1 heterocycles. The minimum Gasteiger partial charge on any atom is -0.497 e. The van der Waals surface area contributed by atoms with Crippen molar-refractivity contribution in [2.24, 2.45) is 0 Å². The molecule has 0 unspecified atom stereocenters. The molecule has 0 spiro atoms. The third-order valence-corrected chi connectivity index (χ3v) is 4.31. The van der Waals surface area contributed by atoms with Crippen LogP contribution < -0.4 is 19.7 Å². The zero-order chi connectivity index (χ0) is 20.5. The maximum Gasteiger partial charge on any atom is 0.344 e. The van der Waals surface area contributed by atoms with E-state index in [1.54, 1.807) is 31.4 Å². The fourth-order valence-electron chi connectivity index (χ4n) is 2.78. The summed E-state index contributed by atoms with van der Waals surface area (Å²) in [7, 11) is 1.57. The van der Waals surface area contributed by atoms with Crippen LogP contribution >= 0.6 is 0 Å². The first-order chi connectivity index (χ1) is 14.1. The topological polar surface area (TPSA) is 86.3 Å². The summed E-state index contributed by atoms with van der Waals surface area (Å²) < 4.78 is 20.6. The molecule has 1 aliphatic rings. The Morgan fingerprint density at radius 2 is 1.62 bits per heavy atom. The second-order valence-electron chi connectivity index (χ2n) is 6.32. The van der Waals surface area contributed by atoms with Gasteiger partial charge in [0.25, 0.3) is 5.91 Å². The standard InChI is InChI=1S/C21H24N2O6/c1-26-18-6-8-19(9-7-18)28-15-21(25)29-14-20(24)22-16-2-4-17(5-3-16)23-10-12-27-13-11-23/h2-9H,10-15H2,1H3,(H,22,24). The number of morpholine rings is 1. The number of carbonyl (C=O) groups is 2. The van der Waals surface area contributed by atoms with Crippen LogP contribution in [0.25, 0.3) is 0 Å². The van der Waals surface area contributed by atoms with Crippen LogP contribution in [-0.4, -0.2) is 58.5 Å². The first-order valence-electron chi connectivity index (χ1n) is 9.29. The lowest BCUT2D eigenvalue weighted by molar-refractivity contribution is -0.149. The molecule has 1 fully saturated rings. The maximum atomic E-state index is 12.0. The number of methoxy groups -OCH3 is 1. The molecular weight excluding hydrogens is 376 g/mol. The zero-order valence-electron chi connectivity index (χ0n) is 16.3. The lowest BCUT2D eigenvalue weighted by Gasteiger charge is -2.28. The summed E-state index contributed by atoms with van der Waals surface area (Å²) in [5.74, 6) is 0.155. The number of ether oxygens (including phenoxy) is 4. The highest BCUT2D eigenvalue weighted by molar-refractivity contribution is 5.93. The predicted molar refractivity (Wildman–Crippen MR) is 108 cm³/mol. The number of rotatable bonds is 8. The van der Waals surface area contributed by atoms with Crippen molar-refractivity contribution in [1.29, 1.82) is 0 Å². The molecule has 1 N–H and O–H groups in total. The summed E-state index contributed by atoms with van der Waals surface area (Å²) in [6, 6.07) is 14.3. The molecule has 0 saturated carbocycles. The monoisotopic (exact) mass is 400 g/mol. The van der Waals surface area contributed by atoms with Crippen LogP contribution in [-0.2, 0) is 19.1 Å². The van der Waals surface area contributed by atoms with Gasteiger partial charge in [0.2, 0.25) is 0 Å². The SMILES string of the molecule is COc1ccc(OCC(=O)OCC(=O)Nc2ccc(N3CCOCC3)cc2)cc1. The van der Waals surface area contributed by atoms with Crippen LogP contribution in [0, 0.1) is 0 Å². The molecule has 154 valence electrons. The molecule has 8 nitrogen and oxygen atoms in total. The Labute approximate surface area is 169 Å². The van der Waals surface area contributed by atoms with Crippen molar-refractivity contribution < 1.29 is 28.5 Å². The maximum absolute atomic E-state index is 12.0. The molecule has 0 radical (unpaired) electrons. The third-order valence-electron chi connectivity index (χ3n) is 4.31. The van der Waals surface area contributed by atoms with Crippen molar-refractivity contribution in [1.82, 2.24) is 0 Å². The van der Waals surface area contributed by atoms with E-state index in [0.29, 0.717) is 30.4 Å². The van der Waals surface area contributed by atoms with Crippen molar-refractivity contribution in [2.45, 2.75) is 0 Å². The van der Waals surface area contributed by atoms with E-state index in [1.807, 2.05) is 24.3 Å². The first kappa shape index (κ1) is 20.5. The first-order valence-corrected chi connectivity index (χ1v) is 9.29. The van der Waals surface area contributed by atoms with Gasteiger partial charge in [-0.05, 0) is 48.5 Å². The van der Waals surface area contributed by atoms with Gasteiger partial charge in [-0.1, -0.05) is 0 Å². The minimum absolute atomic E-state index is 0.284. The average molecular weight is 400 g/mol. The van der Waals surface area contributed by atoms with Gasteiger partial charge >= 0.3 is 5.97 Å². The Morgan fingerprint density at radius 1 is 0.966 bits per heavy atom. The number of amides is 1. The van der Waals surface area contributed by atoms with Gasteiger partial charge in [-0.3, -0.25) is 4.79 Å². The van der Waals surface area contributed by atoms with Gasteiger partial charge in [-0.25, -0.2) is 4.79 Å². The molecule has 1 aliphatic heterocycles. The van der Waals surface area contributed by atoms with E-state index >= 15 is 0 Å². The van der Waals surface area contributed by atoms with Crippen LogP contribution in [0.15, 0.2) is 48.5 Å². The molecule has 2 aromatic rings. The van der Waals surface area contributed by atoms with Crippen LogP contribution in [0.4, 0.5) is 11.4 Å². The van der Waals surface area contributed by atoms with E-state index in [9.17, 15) is 9.59 Å². The van der Waals surface area contributed by atoms with Crippen molar-refractivity contribution in [3.8, 4) is 11.5 Å². The summed E-state index contributed by atoms with van der Waals surface area (Å²) in [6.45, 7) is 2.46. The van der Waals surface area contributed by atoms with Crippen LogP contribution in [0.5, 0.6) is 11.5 Å². The molecule has 0 aromatic heterocycles. The fourth-order valence-corrected chi connectivity index (χ4v) is 2.78. The Morgan fingerprint density at radius 3 is 2.28 bits per heavy atom. The predicted octanol–water partition coefficient (Wildman–Crippen LogP) is 2.09. The smallest absolute Gasteiger partial charge is 0.344 e. The van der Waals surface area contributed by atoms with Crippen molar-refractivity contribution in [3.05, 3.63) is 48.5 Å². The van der Waals surface area contributed by atoms with E-state index in [1.165, 1.54) is 0 Å². The molecule has 1 amide bonds. The van der Waals surface area contributed by atoms with Gasteiger partial charge in [0, 0.05) is 24.5 Å². The summed E-state index contributed by atoms with van der Waals surface area (Å²) >= 11 is 0. The van der Waals surface area contributed by atoms with Gasteiger partial charge in [0.05, 0.1) is 20.3 Å². The largest absolute Gasteiger partial charge is 0.497 e. The van der Waals surface area contributed by atoms with Gasteiger partial charge in [0.1, 0.15) is 11.5 Å². The molecule has 0 atom stereocenters. The number of nitrogens with zero attached hydrogens (tertiary/aromatic N) is 1. The quantitative estimate of drug-likeness (QED) is 0.679. The highest BCUT2D eigenvalue weighted by Crippen LogP contribution is 2.19. The fraction of sp³-hybridized carbons (Fsp3) is 0.333. The Balaban J connectivity index is 1.38. The molecule has 0 bridgehead atoms. The molecular formula is C21H24N2O6. The van der Waals surface area contributed by atoms with Crippen LogP contribution in [0.1, 0.15) is 0 Å². The van der Waals surface area contributed by atoms with Crippen molar-refractivity contribution in [2.75, 3.05) is 56.8 Å². The van der Waals surface area contributed by atoms with Crippen molar-refractivity contribution >= 4 is 23.3 Å². The number of anilines is 2. The van der Waals surface area contributed by atoms with Gasteiger partial charge < -0.3 is 29.2 Å². The lowest BCUT2D eigenvalue weighted by atomic mass is 10.2. The lowest BCUT2D eigenvalue weighted by Crippen LogP contribution is -2.36. The second-order valence-corrected chi connectivity index (χ2v) is 6.32. The molecule has 2 aromatic carbocycles. The molecule has 0 aliphatic carbocycles. The van der Waals surface area contributed by atoms with E-state index in [-0.39, 0.29) is 13.2 Å². The minimum atomic E-state index is -0.626. The number of hydrogen-bond acceptors (Lipinski definition) is 7. The third kappa shape index (κ3) is 6.39. The number of esters is 1. The molecule has 3 rings (SSSR count). The summed E-state index contributed by atoms with van der Waals surface area (Å²) in [4.78, 5) is 25.9. The highest BCUT2D eigenvalue weighted by Gasteiger charge is 2.12. The van der Waals surface area contributed by atoms with Gasteiger partial charge in [0.15, 0.2) is 13.2 Å². The van der Waals surface area contributed by atoms with E-state index in [0.717, 1.165) is 18.8 Å². The Bertz CT molecular complexity index is 801. The normalized spacial score (nSPS) is 13.5. The molecule has 29 heavy (non-hydrogen) atoms. The number of nitrogens with one attached hydrogen (secondary N) is 1. The molecule has 8 heteroatoms. The van der Waals surface area contributed by atoms with Crippen LogP contribution in [0.3, 0.4) is 0 Å². The summed E-state index contributed by atoms with van der Waals surface area (Å²) in [5, 5.41) is 2.70. The van der Waals surface area contributed by atoms with Crippen molar-refractivity contribution in [3.63, 3.8) is 0 Å². The van der Waals surface area contributed by atoms with Gasteiger partial charge in [-0.15, -0.1) is 0 Å². The van der Waals surface area contributed by atoms with Gasteiger partial charge in [-0.2, -0.15) is 0 Å². The number of carbonyl (C=O) groups excluding carboxylic acids is 2. The summed E-state index contributed by atoms with van der Waals surface area (Å²) in [6.07, 6.45) is 0. The van der Waals surface area contributed by atoms with E-state index < -0.39 is 11.9 Å². The number of hydrogen-bond donors (Lipinski definition) is 1. The Hall–Kier alpha value is -3.26. The molecule has 1 saturated heterocycles. The Kier molecular flexibility index (Phi) is 7.29. The zero-order valence-corrected chi connectivity index (χ0v) is 16.3. The second kappa shape index (κ2) is 10.3. The van der Waals surface area contributed by atoms with E-state index in [4.69, 9.17) is 18.9 Å². The van der Waals surface area contributed by atoms with Crippen LogP contribution in [0.2, 0.25) is 0 Å². The van der Waals surface area contributed by atoms with E-state index in [2.05, 4.69) is 10.2 Å². The number of benzene rings is 2.